The van der Waals surface area contributed by atoms with Gasteiger partial charge in [-0.1, -0.05) is 0 Å². The summed E-state index contributed by atoms with van der Waals surface area (Å²) in [5, 5.41) is 14.9. The lowest BCUT2D eigenvalue weighted by atomic mass is 9.88. The second kappa shape index (κ2) is 5.40. The first-order valence-electron chi connectivity index (χ1n) is 6.23. The van der Waals surface area contributed by atoms with Crippen molar-refractivity contribution in [3.05, 3.63) is 18.2 Å². The monoisotopic (exact) mass is 266 g/mol. The molecule has 0 saturated carbocycles. The maximum atomic E-state index is 12.2. The second-order valence-corrected chi connectivity index (χ2v) is 5.13. The molecule has 7 nitrogen and oxygen atoms in total. The third-order valence-corrected chi connectivity index (χ3v) is 3.50. The van der Waals surface area contributed by atoms with Gasteiger partial charge in [0.15, 0.2) is 0 Å². The third kappa shape index (κ3) is 3.11. The maximum absolute atomic E-state index is 12.2. The zero-order valence-corrected chi connectivity index (χ0v) is 10.8. The Morgan fingerprint density at radius 3 is 2.95 bits per heavy atom. The van der Waals surface area contributed by atoms with Crippen molar-refractivity contribution in [3.8, 4) is 0 Å². The first kappa shape index (κ1) is 13.5. The minimum Gasteiger partial charge on any atom is -0.480 e. The van der Waals surface area contributed by atoms with Gasteiger partial charge in [0.05, 0.1) is 11.7 Å². The predicted molar refractivity (Wildman–Crippen MR) is 67.5 cm³/mol. The Labute approximate surface area is 110 Å². The highest BCUT2D eigenvalue weighted by atomic mass is 16.4. The van der Waals surface area contributed by atoms with Crippen LogP contribution in [0, 0.1) is 5.41 Å². The first-order valence-corrected chi connectivity index (χ1v) is 6.23. The average Bonchev–Trinajstić information content (AvgIpc) is 3.00. The fraction of sp³-hybridized carbons (Fsp3) is 0.583. The minimum atomic E-state index is -1.04. The number of amides is 1. The number of aliphatic carboxylic acids is 1. The molecule has 104 valence electrons. The lowest BCUT2D eigenvalue weighted by molar-refractivity contribution is -0.143. The number of nitrogens with zero attached hydrogens (tertiary/aromatic N) is 1. The lowest BCUT2D eigenvalue weighted by Gasteiger charge is -2.24. The number of carboxylic acids is 1. The molecule has 0 radical (unpaired) electrons. The zero-order valence-electron chi connectivity index (χ0n) is 10.8. The molecular weight excluding hydrogens is 248 g/mol. The van der Waals surface area contributed by atoms with E-state index in [1.165, 1.54) is 6.33 Å². The lowest BCUT2D eigenvalue weighted by Crippen LogP contribution is -2.49. The molecular formula is C12H18N4O3. The van der Waals surface area contributed by atoms with Gasteiger partial charge in [0.2, 0.25) is 5.91 Å². The molecule has 0 spiro atoms. The van der Waals surface area contributed by atoms with Crippen molar-refractivity contribution in [2.24, 2.45) is 5.41 Å². The van der Waals surface area contributed by atoms with Crippen molar-refractivity contribution in [3.63, 3.8) is 0 Å². The normalized spacial score (nSPS) is 24.1. The second-order valence-electron chi connectivity index (χ2n) is 5.13. The van der Waals surface area contributed by atoms with Crippen LogP contribution in [0.1, 0.15) is 19.0 Å². The van der Waals surface area contributed by atoms with Crippen molar-refractivity contribution in [1.82, 2.24) is 20.6 Å². The van der Waals surface area contributed by atoms with Gasteiger partial charge in [-0.2, -0.15) is 0 Å². The van der Waals surface area contributed by atoms with E-state index in [0.717, 1.165) is 13.0 Å². The molecule has 1 amide bonds. The Kier molecular flexibility index (Phi) is 3.84. The number of hydrogen-bond donors (Lipinski definition) is 4. The molecule has 1 aliphatic rings. The fourth-order valence-corrected chi connectivity index (χ4v) is 2.16. The van der Waals surface area contributed by atoms with Crippen LogP contribution in [0.25, 0.3) is 0 Å². The van der Waals surface area contributed by atoms with Gasteiger partial charge >= 0.3 is 5.97 Å². The van der Waals surface area contributed by atoms with E-state index in [1.54, 1.807) is 6.20 Å². The summed E-state index contributed by atoms with van der Waals surface area (Å²) in [6, 6.07) is -0.939. The molecule has 7 heteroatoms. The van der Waals surface area contributed by atoms with Gasteiger partial charge < -0.3 is 20.7 Å². The van der Waals surface area contributed by atoms with E-state index in [4.69, 9.17) is 0 Å². The van der Waals surface area contributed by atoms with Gasteiger partial charge in [-0.25, -0.2) is 9.78 Å². The molecule has 0 aliphatic carbocycles. The van der Waals surface area contributed by atoms with Crippen LogP contribution >= 0.6 is 0 Å². The number of carbonyl (C=O) groups excluding carboxylic acids is 1. The van der Waals surface area contributed by atoms with Crippen molar-refractivity contribution in [2.45, 2.75) is 25.8 Å². The number of aromatic nitrogens is 2. The minimum absolute atomic E-state index is 0.199. The average molecular weight is 266 g/mol. The first-order chi connectivity index (χ1) is 9.01. The molecule has 2 rings (SSSR count). The number of carboxylic acid groups (broad SMARTS) is 1. The molecule has 0 aromatic carbocycles. The van der Waals surface area contributed by atoms with E-state index < -0.39 is 17.4 Å². The summed E-state index contributed by atoms with van der Waals surface area (Å²) in [5.74, 6) is -1.26. The van der Waals surface area contributed by atoms with Crippen LogP contribution in [-0.2, 0) is 16.0 Å². The molecule has 1 aliphatic heterocycles. The van der Waals surface area contributed by atoms with E-state index in [1.807, 2.05) is 6.92 Å². The van der Waals surface area contributed by atoms with Crippen molar-refractivity contribution >= 4 is 11.9 Å². The van der Waals surface area contributed by atoms with Crippen LogP contribution in [0.15, 0.2) is 12.5 Å². The number of H-pyrrole nitrogens is 1. The Morgan fingerprint density at radius 1 is 1.63 bits per heavy atom. The number of rotatable bonds is 5. The van der Waals surface area contributed by atoms with Crippen LogP contribution < -0.4 is 10.6 Å². The van der Waals surface area contributed by atoms with Crippen LogP contribution in [-0.4, -0.2) is 46.1 Å². The summed E-state index contributed by atoms with van der Waals surface area (Å²) >= 11 is 0. The van der Waals surface area contributed by atoms with Crippen LogP contribution in [0.5, 0.6) is 0 Å². The molecule has 2 heterocycles. The SMILES string of the molecule is CC1(C(=O)N[C@@H](Cc2cnc[nH]2)C(=O)O)CCNC1. The molecule has 1 aromatic heterocycles. The van der Waals surface area contributed by atoms with Crippen LogP contribution in [0.4, 0.5) is 0 Å². The van der Waals surface area contributed by atoms with Gasteiger partial charge in [0.25, 0.3) is 0 Å². The largest absolute Gasteiger partial charge is 0.480 e. The Balaban J connectivity index is 2.00. The molecule has 0 bridgehead atoms. The van der Waals surface area contributed by atoms with E-state index in [-0.39, 0.29) is 12.3 Å². The van der Waals surface area contributed by atoms with Crippen molar-refractivity contribution in [1.29, 1.82) is 0 Å². The number of hydrogen-bond acceptors (Lipinski definition) is 4. The quantitative estimate of drug-likeness (QED) is 0.576. The van der Waals surface area contributed by atoms with Crippen LogP contribution in [0.3, 0.4) is 0 Å². The summed E-state index contributed by atoms with van der Waals surface area (Å²) in [6.07, 6.45) is 3.96. The summed E-state index contributed by atoms with van der Waals surface area (Å²) in [7, 11) is 0. The molecule has 1 saturated heterocycles. The predicted octanol–water partition coefficient (Wildman–Crippen LogP) is -0.479. The third-order valence-electron chi connectivity index (χ3n) is 3.50. The number of nitrogens with one attached hydrogen (secondary N) is 3. The van der Waals surface area contributed by atoms with E-state index in [9.17, 15) is 14.7 Å². The van der Waals surface area contributed by atoms with Gasteiger partial charge in [-0.15, -0.1) is 0 Å². The molecule has 2 atom stereocenters. The van der Waals surface area contributed by atoms with Crippen molar-refractivity contribution in [2.75, 3.05) is 13.1 Å². The topological polar surface area (TPSA) is 107 Å². The van der Waals surface area contributed by atoms with E-state index in [2.05, 4.69) is 20.6 Å². The summed E-state index contributed by atoms with van der Waals surface area (Å²) in [5.41, 5.74) is 0.157. The molecule has 1 unspecified atom stereocenters. The van der Waals surface area contributed by atoms with Gasteiger partial charge in [0.1, 0.15) is 6.04 Å². The van der Waals surface area contributed by atoms with Gasteiger partial charge in [-0.3, -0.25) is 4.79 Å². The Bertz CT molecular complexity index is 452. The van der Waals surface area contributed by atoms with Gasteiger partial charge in [0, 0.05) is 24.9 Å². The van der Waals surface area contributed by atoms with Gasteiger partial charge in [-0.05, 0) is 19.9 Å². The summed E-state index contributed by atoms with van der Waals surface area (Å²) in [4.78, 5) is 30.1. The van der Waals surface area contributed by atoms with E-state index in [0.29, 0.717) is 12.2 Å². The molecule has 4 N–H and O–H groups in total. The summed E-state index contributed by atoms with van der Waals surface area (Å²) < 4.78 is 0. The standard InChI is InChI=1S/C12H18N4O3/c1-12(2-3-13-6-12)11(19)16-9(10(17)18)4-8-5-14-7-15-8/h5,7,9,13H,2-4,6H2,1H3,(H,14,15)(H,16,19)(H,17,18)/t9-,12?/m0/s1. The number of carbonyl (C=O) groups is 2. The Morgan fingerprint density at radius 2 is 2.42 bits per heavy atom. The maximum Gasteiger partial charge on any atom is 0.326 e. The highest BCUT2D eigenvalue weighted by Crippen LogP contribution is 2.24. The molecule has 19 heavy (non-hydrogen) atoms. The van der Waals surface area contributed by atoms with Crippen molar-refractivity contribution < 1.29 is 14.7 Å². The number of aromatic amines is 1. The highest BCUT2D eigenvalue weighted by molar-refractivity contribution is 5.87. The number of imidazole rings is 1. The van der Waals surface area contributed by atoms with Crippen LogP contribution in [0.2, 0.25) is 0 Å². The fourth-order valence-electron chi connectivity index (χ4n) is 2.16. The Hall–Kier alpha value is -1.89. The smallest absolute Gasteiger partial charge is 0.326 e. The molecule has 1 aromatic rings. The summed E-state index contributed by atoms with van der Waals surface area (Å²) in [6.45, 7) is 3.20. The molecule has 1 fully saturated rings. The highest BCUT2D eigenvalue weighted by Gasteiger charge is 2.38. The zero-order chi connectivity index (χ0) is 13.9. The van der Waals surface area contributed by atoms with E-state index >= 15 is 0 Å².